The Morgan fingerprint density at radius 1 is 1.10 bits per heavy atom. The SMILES string of the molecule is CCCCCN(C)c1c(F)c(F)c(CNC(=O)c2c(Cl)c(CC)nn2C)c(F)c1F. The lowest BCUT2D eigenvalue weighted by atomic mass is 10.1. The first kappa shape index (κ1) is 24.0. The Morgan fingerprint density at radius 2 is 1.70 bits per heavy atom. The molecule has 1 amide bonds. The zero-order valence-corrected chi connectivity index (χ0v) is 18.1. The predicted molar refractivity (Wildman–Crippen MR) is 108 cm³/mol. The van der Waals surface area contributed by atoms with Crippen molar-refractivity contribution in [1.29, 1.82) is 0 Å². The topological polar surface area (TPSA) is 50.2 Å². The molecule has 1 aromatic carbocycles. The van der Waals surface area contributed by atoms with Gasteiger partial charge in [0.2, 0.25) is 0 Å². The lowest BCUT2D eigenvalue weighted by Gasteiger charge is -2.22. The van der Waals surface area contributed by atoms with Crippen molar-refractivity contribution in [3.63, 3.8) is 0 Å². The van der Waals surface area contributed by atoms with Crippen molar-refractivity contribution in [2.45, 2.75) is 46.1 Å². The number of carbonyl (C=O) groups is 1. The number of benzene rings is 1. The number of aryl methyl sites for hydroxylation is 2. The number of aromatic nitrogens is 2. The molecule has 30 heavy (non-hydrogen) atoms. The molecule has 0 saturated carbocycles. The maximum absolute atomic E-state index is 14.5. The summed E-state index contributed by atoms with van der Waals surface area (Å²) in [6, 6.07) is 0. The highest BCUT2D eigenvalue weighted by molar-refractivity contribution is 6.34. The summed E-state index contributed by atoms with van der Waals surface area (Å²) < 4.78 is 59.3. The van der Waals surface area contributed by atoms with E-state index in [2.05, 4.69) is 10.4 Å². The second-order valence-corrected chi connectivity index (χ2v) is 7.36. The van der Waals surface area contributed by atoms with E-state index in [0.717, 1.165) is 17.7 Å². The minimum atomic E-state index is -1.54. The second kappa shape index (κ2) is 10.1. The van der Waals surface area contributed by atoms with Crippen molar-refractivity contribution < 1.29 is 22.4 Å². The zero-order chi connectivity index (χ0) is 22.6. The number of unbranched alkanes of at least 4 members (excludes halogenated alkanes) is 2. The van der Waals surface area contributed by atoms with Gasteiger partial charge in [-0.3, -0.25) is 9.48 Å². The first-order valence-corrected chi connectivity index (χ1v) is 10.1. The van der Waals surface area contributed by atoms with Crippen LogP contribution in [0.2, 0.25) is 5.02 Å². The fraction of sp³-hybridized carbons (Fsp3) is 0.500. The second-order valence-electron chi connectivity index (χ2n) is 6.98. The van der Waals surface area contributed by atoms with Gasteiger partial charge in [-0.05, 0) is 12.8 Å². The van der Waals surface area contributed by atoms with Crippen molar-refractivity contribution in [2.24, 2.45) is 7.05 Å². The Morgan fingerprint density at radius 3 is 2.20 bits per heavy atom. The van der Waals surface area contributed by atoms with Gasteiger partial charge in [0.15, 0.2) is 23.3 Å². The molecule has 0 fully saturated rings. The first-order valence-electron chi connectivity index (χ1n) is 9.71. The molecule has 0 atom stereocenters. The van der Waals surface area contributed by atoms with Crippen molar-refractivity contribution >= 4 is 23.2 Å². The molecule has 1 aromatic heterocycles. The van der Waals surface area contributed by atoms with Crippen LogP contribution in [0.3, 0.4) is 0 Å². The van der Waals surface area contributed by atoms with Gasteiger partial charge >= 0.3 is 0 Å². The van der Waals surface area contributed by atoms with E-state index in [9.17, 15) is 22.4 Å². The number of rotatable bonds is 9. The third kappa shape index (κ3) is 4.71. The highest BCUT2D eigenvalue weighted by Crippen LogP contribution is 2.31. The largest absolute Gasteiger partial charge is 0.370 e. The van der Waals surface area contributed by atoms with Gasteiger partial charge in [-0.15, -0.1) is 0 Å². The standard InChI is InChI=1S/C20H25ClF4N4O/c1-5-7-8-9-28(3)19-16(24)14(22)11(15(23)17(19)25)10-26-20(30)18-13(21)12(6-2)27-29(18)4/h5-10H2,1-4H3,(H,26,30). The van der Waals surface area contributed by atoms with Crippen LogP contribution in [0.5, 0.6) is 0 Å². The van der Waals surface area contributed by atoms with Gasteiger partial charge in [0, 0.05) is 32.7 Å². The summed E-state index contributed by atoms with van der Waals surface area (Å²) in [6.07, 6.45) is 2.81. The summed E-state index contributed by atoms with van der Waals surface area (Å²) in [4.78, 5) is 13.6. The number of nitrogens with one attached hydrogen (secondary N) is 1. The normalized spacial score (nSPS) is 11.1. The third-order valence-electron chi connectivity index (χ3n) is 4.84. The van der Waals surface area contributed by atoms with Gasteiger partial charge in [-0.2, -0.15) is 5.10 Å². The summed E-state index contributed by atoms with van der Waals surface area (Å²) in [7, 11) is 2.86. The summed E-state index contributed by atoms with van der Waals surface area (Å²) in [6.45, 7) is 3.25. The molecule has 1 heterocycles. The molecular formula is C20H25ClF4N4O. The molecular weight excluding hydrogens is 424 g/mol. The Bertz CT molecular complexity index is 903. The van der Waals surface area contributed by atoms with Crippen LogP contribution in [0.1, 0.15) is 54.9 Å². The van der Waals surface area contributed by atoms with Crippen LogP contribution in [0.4, 0.5) is 23.2 Å². The van der Waals surface area contributed by atoms with E-state index in [1.54, 1.807) is 6.92 Å². The van der Waals surface area contributed by atoms with Gasteiger partial charge < -0.3 is 10.2 Å². The average molecular weight is 449 g/mol. The smallest absolute Gasteiger partial charge is 0.271 e. The van der Waals surface area contributed by atoms with E-state index in [1.807, 2.05) is 6.92 Å². The number of halogens is 5. The van der Waals surface area contributed by atoms with Gasteiger partial charge in [0.25, 0.3) is 5.91 Å². The lowest BCUT2D eigenvalue weighted by Crippen LogP contribution is -2.28. The van der Waals surface area contributed by atoms with Crippen molar-refractivity contribution in [3.8, 4) is 0 Å². The number of nitrogens with zero attached hydrogens (tertiary/aromatic N) is 3. The highest BCUT2D eigenvalue weighted by Gasteiger charge is 2.28. The quantitative estimate of drug-likeness (QED) is 0.342. The molecule has 0 unspecified atom stereocenters. The van der Waals surface area contributed by atoms with Crippen LogP contribution in [0.25, 0.3) is 0 Å². The minimum absolute atomic E-state index is 0.0115. The predicted octanol–water partition coefficient (Wildman–Crippen LogP) is 4.75. The Kier molecular flexibility index (Phi) is 8.11. The van der Waals surface area contributed by atoms with Crippen LogP contribution in [0, 0.1) is 23.3 Å². The maximum atomic E-state index is 14.5. The monoisotopic (exact) mass is 448 g/mol. The molecule has 2 rings (SSSR count). The molecule has 0 aliphatic rings. The molecule has 0 aliphatic carbocycles. The molecule has 2 aromatic rings. The van der Waals surface area contributed by atoms with E-state index in [-0.39, 0.29) is 17.3 Å². The van der Waals surface area contributed by atoms with Crippen LogP contribution in [0.15, 0.2) is 0 Å². The van der Waals surface area contributed by atoms with Gasteiger partial charge in [0.1, 0.15) is 11.4 Å². The zero-order valence-electron chi connectivity index (χ0n) is 17.4. The molecule has 0 bridgehead atoms. The number of hydrogen-bond donors (Lipinski definition) is 1. The number of carbonyl (C=O) groups excluding carboxylic acids is 1. The Labute approximate surface area is 178 Å². The summed E-state index contributed by atoms with van der Waals surface area (Å²) >= 11 is 6.11. The van der Waals surface area contributed by atoms with Crippen LogP contribution >= 0.6 is 11.6 Å². The molecule has 1 N–H and O–H groups in total. The van der Waals surface area contributed by atoms with E-state index < -0.39 is 47.0 Å². The highest BCUT2D eigenvalue weighted by atomic mass is 35.5. The van der Waals surface area contributed by atoms with Crippen molar-refractivity contribution in [3.05, 3.63) is 45.2 Å². The van der Waals surface area contributed by atoms with Crippen LogP contribution < -0.4 is 10.2 Å². The number of hydrogen-bond acceptors (Lipinski definition) is 3. The third-order valence-corrected chi connectivity index (χ3v) is 5.24. The first-order chi connectivity index (χ1) is 14.1. The fourth-order valence-electron chi connectivity index (χ4n) is 3.15. The number of anilines is 1. The van der Waals surface area contributed by atoms with E-state index in [0.29, 0.717) is 18.5 Å². The van der Waals surface area contributed by atoms with Crippen LogP contribution in [-0.2, 0) is 20.0 Å². The lowest BCUT2D eigenvalue weighted by molar-refractivity contribution is 0.0940. The summed E-state index contributed by atoms with van der Waals surface area (Å²) in [5, 5.41) is 6.44. The maximum Gasteiger partial charge on any atom is 0.271 e. The van der Waals surface area contributed by atoms with Crippen molar-refractivity contribution in [1.82, 2.24) is 15.1 Å². The molecule has 10 heteroatoms. The van der Waals surface area contributed by atoms with Gasteiger partial charge in [-0.1, -0.05) is 38.3 Å². The van der Waals surface area contributed by atoms with Crippen LogP contribution in [-0.4, -0.2) is 29.3 Å². The minimum Gasteiger partial charge on any atom is -0.370 e. The average Bonchev–Trinajstić information content (AvgIpc) is 3.00. The summed E-state index contributed by atoms with van der Waals surface area (Å²) in [5.74, 6) is -6.85. The summed E-state index contributed by atoms with van der Waals surface area (Å²) in [5.41, 5.74) is -1.20. The molecule has 5 nitrogen and oxygen atoms in total. The molecule has 0 aliphatic heterocycles. The van der Waals surface area contributed by atoms with E-state index in [1.165, 1.54) is 18.8 Å². The molecule has 0 saturated heterocycles. The Hall–Kier alpha value is -2.29. The van der Waals surface area contributed by atoms with Gasteiger partial charge in [0.05, 0.1) is 10.7 Å². The Balaban J connectivity index is 2.27. The molecule has 0 radical (unpaired) electrons. The molecule has 166 valence electrons. The van der Waals surface area contributed by atoms with Gasteiger partial charge in [-0.25, -0.2) is 17.6 Å². The fourth-order valence-corrected chi connectivity index (χ4v) is 3.52. The van der Waals surface area contributed by atoms with Crippen molar-refractivity contribution in [2.75, 3.05) is 18.5 Å². The molecule has 0 spiro atoms. The number of amides is 1. The van der Waals surface area contributed by atoms with E-state index in [4.69, 9.17) is 11.6 Å². The van der Waals surface area contributed by atoms with E-state index >= 15 is 0 Å².